The Bertz CT molecular complexity index is 624. The molecule has 0 spiro atoms. The minimum absolute atomic E-state index is 0.00419. The van der Waals surface area contributed by atoms with Crippen molar-refractivity contribution in [1.29, 1.82) is 0 Å². The van der Waals surface area contributed by atoms with E-state index in [0.29, 0.717) is 0 Å². The quantitative estimate of drug-likeness (QED) is 0.621. The molecular formula is C12H7Cl2F3N2. The third-order valence-electron chi connectivity index (χ3n) is 2.38. The maximum Gasteiger partial charge on any atom is 0.184 e. The van der Waals surface area contributed by atoms with Gasteiger partial charge in [-0.2, -0.15) is 0 Å². The van der Waals surface area contributed by atoms with E-state index in [9.17, 15) is 13.2 Å². The molecule has 2 nitrogen and oxygen atoms in total. The number of hydrogen-bond acceptors (Lipinski definition) is 2. The Morgan fingerprint density at radius 3 is 2.11 bits per heavy atom. The molecule has 19 heavy (non-hydrogen) atoms. The molecule has 0 aliphatic heterocycles. The molecule has 100 valence electrons. The van der Waals surface area contributed by atoms with Gasteiger partial charge in [-0.25, -0.2) is 13.2 Å². The van der Waals surface area contributed by atoms with Crippen molar-refractivity contribution in [2.45, 2.75) is 0 Å². The zero-order valence-electron chi connectivity index (χ0n) is 9.28. The lowest BCUT2D eigenvalue weighted by Crippen LogP contribution is -2.01. The van der Waals surface area contributed by atoms with Crippen LogP contribution in [0.15, 0.2) is 24.3 Å². The molecule has 0 aromatic heterocycles. The highest BCUT2D eigenvalue weighted by atomic mass is 35.5. The van der Waals surface area contributed by atoms with Gasteiger partial charge in [0.05, 0.1) is 15.7 Å². The number of nitrogens with one attached hydrogen (secondary N) is 1. The fraction of sp³-hybridized carbons (Fsp3) is 0. The fourth-order valence-corrected chi connectivity index (χ4v) is 1.95. The lowest BCUT2D eigenvalue weighted by molar-refractivity contribution is 0.512. The molecule has 0 bridgehead atoms. The van der Waals surface area contributed by atoms with Gasteiger partial charge in [0.15, 0.2) is 17.5 Å². The van der Waals surface area contributed by atoms with Crippen LogP contribution in [-0.2, 0) is 0 Å². The third-order valence-corrected chi connectivity index (χ3v) is 2.93. The maximum absolute atomic E-state index is 13.6. The van der Waals surface area contributed by atoms with Crippen LogP contribution in [0.1, 0.15) is 0 Å². The lowest BCUT2D eigenvalue weighted by Gasteiger charge is -2.12. The summed E-state index contributed by atoms with van der Waals surface area (Å²) < 4.78 is 39.9. The van der Waals surface area contributed by atoms with Gasteiger partial charge >= 0.3 is 0 Å². The topological polar surface area (TPSA) is 38.0 Å². The molecule has 2 aromatic carbocycles. The summed E-state index contributed by atoms with van der Waals surface area (Å²) in [5, 5.41) is 2.02. The molecule has 0 aliphatic rings. The molecule has 0 saturated heterocycles. The minimum Gasteiger partial charge on any atom is -0.397 e. The second-order valence-electron chi connectivity index (χ2n) is 3.70. The lowest BCUT2D eigenvalue weighted by atomic mass is 10.2. The highest BCUT2D eigenvalue weighted by molar-refractivity contribution is 6.35. The number of halogens is 5. The molecule has 0 atom stereocenters. The predicted molar refractivity (Wildman–Crippen MR) is 70.5 cm³/mol. The summed E-state index contributed by atoms with van der Waals surface area (Å²) in [7, 11) is 0. The number of nitrogens with two attached hydrogens (primary N) is 1. The van der Waals surface area contributed by atoms with Gasteiger partial charge in [0.25, 0.3) is 0 Å². The molecule has 3 N–H and O–H groups in total. The monoisotopic (exact) mass is 306 g/mol. The van der Waals surface area contributed by atoms with Crippen molar-refractivity contribution in [2.75, 3.05) is 11.1 Å². The Labute approximate surface area is 116 Å². The van der Waals surface area contributed by atoms with E-state index in [1.165, 1.54) is 18.2 Å². The van der Waals surface area contributed by atoms with Crippen molar-refractivity contribution in [3.8, 4) is 0 Å². The summed E-state index contributed by atoms with van der Waals surface area (Å²) in [6, 6.07) is 4.48. The van der Waals surface area contributed by atoms with Gasteiger partial charge in [-0.1, -0.05) is 23.2 Å². The molecule has 0 unspecified atom stereocenters. The molecular weight excluding hydrogens is 300 g/mol. The zero-order valence-corrected chi connectivity index (χ0v) is 10.8. The van der Waals surface area contributed by atoms with E-state index in [-0.39, 0.29) is 27.1 Å². The van der Waals surface area contributed by atoms with Crippen molar-refractivity contribution in [3.05, 3.63) is 51.8 Å². The van der Waals surface area contributed by atoms with Crippen molar-refractivity contribution in [2.24, 2.45) is 0 Å². The van der Waals surface area contributed by atoms with E-state index in [0.717, 1.165) is 6.07 Å². The van der Waals surface area contributed by atoms with Crippen molar-refractivity contribution >= 4 is 40.3 Å². The molecule has 2 aromatic rings. The first-order valence-electron chi connectivity index (χ1n) is 5.05. The minimum atomic E-state index is -1.14. The number of benzene rings is 2. The predicted octanol–water partition coefficient (Wildman–Crippen LogP) is 4.74. The number of anilines is 3. The zero-order chi connectivity index (χ0) is 14.2. The summed E-state index contributed by atoms with van der Waals surface area (Å²) in [5.74, 6) is -2.99. The largest absolute Gasteiger partial charge is 0.397 e. The van der Waals surface area contributed by atoms with Crippen LogP contribution in [0.4, 0.5) is 30.2 Å². The van der Waals surface area contributed by atoms with Crippen LogP contribution in [0, 0.1) is 17.5 Å². The molecule has 0 fully saturated rings. The first-order valence-corrected chi connectivity index (χ1v) is 5.80. The standard InChI is InChI=1S/C12H7Cl2F3N2/c13-6-3-5(4-7(14)10(6)16)19-12-9(18)2-1-8(15)11(12)17/h1-4,19H,18H2. The van der Waals surface area contributed by atoms with Crippen LogP contribution < -0.4 is 11.1 Å². The van der Waals surface area contributed by atoms with Gasteiger partial charge < -0.3 is 11.1 Å². The maximum atomic E-state index is 13.6. The van der Waals surface area contributed by atoms with Gasteiger partial charge in [0.2, 0.25) is 0 Å². The number of nitrogen functional groups attached to an aromatic ring is 1. The van der Waals surface area contributed by atoms with Crippen LogP contribution in [0.3, 0.4) is 0 Å². The molecule has 0 amide bonds. The van der Waals surface area contributed by atoms with E-state index in [1.807, 2.05) is 0 Å². The normalized spacial score (nSPS) is 10.6. The van der Waals surface area contributed by atoms with Gasteiger partial charge in [-0.15, -0.1) is 0 Å². The van der Waals surface area contributed by atoms with E-state index in [1.54, 1.807) is 0 Å². The van der Waals surface area contributed by atoms with Crippen molar-refractivity contribution in [1.82, 2.24) is 0 Å². The number of hydrogen-bond donors (Lipinski definition) is 2. The van der Waals surface area contributed by atoms with Gasteiger partial charge in [-0.3, -0.25) is 0 Å². The molecule has 0 saturated carbocycles. The van der Waals surface area contributed by atoms with Crippen LogP contribution in [-0.4, -0.2) is 0 Å². The van der Waals surface area contributed by atoms with Gasteiger partial charge in [-0.05, 0) is 24.3 Å². The van der Waals surface area contributed by atoms with E-state index in [2.05, 4.69) is 5.32 Å². The Morgan fingerprint density at radius 1 is 0.947 bits per heavy atom. The second-order valence-corrected chi connectivity index (χ2v) is 4.52. The van der Waals surface area contributed by atoms with E-state index < -0.39 is 17.5 Å². The molecule has 7 heteroatoms. The van der Waals surface area contributed by atoms with Crippen LogP contribution in [0.25, 0.3) is 0 Å². The average molecular weight is 307 g/mol. The molecule has 2 rings (SSSR count). The third kappa shape index (κ3) is 2.72. The Hall–Kier alpha value is -1.59. The molecule has 0 aliphatic carbocycles. The van der Waals surface area contributed by atoms with Crippen LogP contribution >= 0.6 is 23.2 Å². The SMILES string of the molecule is Nc1ccc(F)c(F)c1Nc1cc(Cl)c(F)c(Cl)c1. The highest BCUT2D eigenvalue weighted by Gasteiger charge is 2.14. The Kier molecular flexibility index (Phi) is 3.78. The second kappa shape index (κ2) is 5.19. The average Bonchev–Trinajstić information content (AvgIpc) is 2.36. The summed E-state index contributed by atoms with van der Waals surface area (Å²) in [4.78, 5) is 0. The van der Waals surface area contributed by atoms with Crippen molar-refractivity contribution < 1.29 is 13.2 Å². The van der Waals surface area contributed by atoms with Crippen LogP contribution in [0.5, 0.6) is 0 Å². The first kappa shape index (κ1) is 13.8. The van der Waals surface area contributed by atoms with E-state index in [4.69, 9.17) is 28.9 Å². The highest BCUT2D eigenvalue weighted by Crippen LogP contribution is 2.32. The Balaban J connectivity index is 2.45. The van der Waals surface area contributed by atoms with E-state index >= 15 is 0 Å². The smallest absolute Gasteiger partial charge is 0.184 e. The summed E-state index contributed by atoms with van der Waals surface area (Å²) in [6.45, 7) is 0. The summed E-state index contributed by atoms with van der Waals surface area (Å²) in [6.07, 6.45) is 0. The van der Waals surface area contributed by atoms with Gasteiger partial charge in [0, 0.05) is 5.69 Å². The van der Waals surface area contributed by atoms with Gasteiger partial charge in [0.1, 0.15) is 5.69 Å². The molecule has 0 radical (unpaired) electrons. The van der Waals surface area contributed by atoms with Crippen molar-refractivity contribution in [3.63, 3.8) is 0 Å². The van der Waals surface area contributed by atoms with Crippen LogP contribution in [0.2, 0.25) is 10.0 Å². The summed E-state index contributed by atoms with van der Waals surface area (Å²) in [5.41, 5.74) is 5.45. The fourth-order valence-electron chi connectivity index (χ4n) is 1.46. The first-order chi connectivity index (χ1) is 8.90. The summed E-state index contributed by atoms with van der Waals surface area (Å²) >= 11 is 11.2. The Morgan fingerprint density at radius 2 is 1.53 bits per heavy atom. The molecule has 0 heterocycles. The number of rotatable bonds is 2.